The Kier molecular flexibility index (Phi) is 7.53. The van der Waals surface area contributed by atoms with Crippen LogP contribution in [0.25, 0.3) is 0 Å². The zero-order chi connectivity index (χ0) is 20.7. The highest BCUT2D eigenvalue weighted by molar-refractivity contribution is 5.85. The van der Waals surface area contributed by atoms with Crippen molar-refractivity contribution in [2.75, 3.05) is 47.3 Å². The fraction of sp³-hybridized carbons (Fsp3) is 0.652. The van der Waals surface area contributed by atoms with Crippen LogP contribution in [0.15, 0.2) is 29.3 Å². The normalized spacial score (nSPS) is 18.9. The van der Waals surface area contributed by atoms with Gasteiger partial charge >= 0.3 is 0 Å². The summed E-state index contributed by atoms with van der Waals surface area (Å²) in [7, 11) is 5.51. The molecule has 0 unspecified atom stereocenters. The zero-order valence-electron chi connectivity index (χ0n) is 18.3. The molecule has 0 atom stereocenters. The minimum Gasteiger partial charge on any atom is -0.356 e. The molecule has 1 aliphatic heterocycles. The fourth-order valence-electron chi connectivity index (χ4n) is 4.72. The Balaban J connectivity index is 1.40. The molecule has 1 aliphatic carbocycles. The van der Waals surface area contributed by atoms with Gasteiger partial charge < -0.3 is 15.5 Å². The third-order valence-corrected chi connectivity index (χ3v) is 6.39. The van der Waals surface area contributed by atoms with Gasteiger partial charge in [-0.2, -0.15) is 0 Å². The average molecular weight is 400 g/mol. The summed E-state index contributed by atoms with van der Waals surface area (Å²) in [6.07, 6.45) is 6.41. The van der Waals surface area contributed by atoms with Crippen molar-refractivity contribution in [2.24, 2.45) is 10.4 Å². The number of nitrogens with one attached hydrogen (secondary N) is 2. The summed E-state index contributed by atoms with van der Waals surface area (Å²) in [4.78, 5) is 21.3. The number of hydrogen-bond donors (Lipinski definition) is 2. The summed E-state index contributed by atoms with van der Waals surface area (Å²) in [5.74, 6) is 1.04. The molecule has 29 heavy (non-hydrogen) atoms. The molecule has 0 bridgehead atoms. The lowest BCUT2D eigenvalue weighted by Crippen LogP contribution is -2.49. The molecule has 6 nitrogen and oxygen atoms in total. The molecule has 2 N–H and O–H groups in total. The monoisotopic (exact) mass is 399 g/mol. The molecule has 3 rings (SSSR count). The molecular formula is C23H37N5O. The number of fused-ring (bicyclic) bond motifs is 1. The van der Waals surface area contributed by atoms with Crippen molar-refractivity contribution in [3.8, 4) is 0 Å². The molecule has 1 amide bonds. The van der Waals surface area contributed by atoms with Crippen LogP contribution in [0.4, 0.5) is 0 Å². The van der Waals surface area contributed by atoms with Crippen LogP contribution in [0, 0.1) is 5.41 Å². The number of nitrogens with zero attached hydrogens (tertiary/aromatic N) is 3. The van der Waals surface area contributed by atoms with Crippen molar-refractivity contribution in [2.45, 2.75) is 45.1 Å². The molecular weight excluding hydrogens is 362 g/mol. The zero-order valence-corrected chi connectivity index (χ0v) is 18.3. The van der Waals surface area contributed by atoms with Gasteiger partial charge in [0.05, 0.1) is 5.41 Å². The number of carbonyl (C=O) groups excluding carboxylic acids is 1. The van der Waals surface area contributed by atoms with Gasteiger partial charge in [0.15, 0.2) is 5.96 Å². The first kappa shape index (κ1) is 21.6. The first-order chi connectivity index (χ1) is 14.0. The van der Waals surface area contributed by atoms with E-state index in [-0.39, 0.29) is 11.3 Å². The molecule has 0 saturated heterocycles. The first-order valence-corrected chi connectivity index (χ1v) is 11.0. The van der Waals surface area contributed by atoms with Crippen LogP contribution in [0.1, 0.15) is 43.2 Å². The summed E-state index contributed by atoms with van der Waals surface area (Å²) in [6, 6.07) is 8.78. The van der Waals surface area contributed by atoms with E-state index in [2.05, 4.69) is 44.8 Å². The van der Waals surface area contributed by atoms with Gasteiger partial charge in [0.1, 0.15) is 0 Å². The van der Waals surface area contributed by atoms with Gasteiger partial charge in [0, 0.05) is 53.9 Å². The number of carbonyl (C=O) groups is 1. The first-order valence-electron chi connectivity index (χ1n) is 11.0. The molecule has 2 aliphatic rings. The van der Waals surface area contributed by atoms with Gasteiger partial charge in [-0.15, -0.1) is 0 Å². The lowest BCUT2D eigenvalue weighted by molar-refractivity contribution is -0.138. The van der Waals surface area contributed by atoms with Crippen LogP contribution >= 0.6 is 0 Å². The average Bonchev–Trinajstić information content (AvgIpc) is 3.22. The standard InChI is InChI=1S/C23H37N5O/c1-24-22(26-18-23(12-6-7-13-23)21(29)27(2)3)25-14-8-15-28-16-11-19-9-4-5-10-20(19)17-28/h4-5,9-10H,6-8,11-18H2,1-3H3,(H2,24,25,26). The summed E-state index contributed by atoms with van der Waals surface area (Å²) in [5.41, 5.74) is 2.69. The lowest BCUT2D eigenvalue weighted by Gasteiger charge is -2.31. The second-order valence-electron chi connectivity index (χ2n) is 8.69. The van der Waals surface area contributed by atoms with E-state index in [1.54, 1.807) is 11.9 Å². The van der Waals surface area contributed by atoms with E-state index in [0.29, 0.717) is 6.54 Å². The summed E-state index contributed by atoms with van der Waals surface area (Å²) < 4.78 is 0. The van der Waals surface area contributed by atoms with Gasteiger partial charge in [-0.05, 0) is 36.8 Å². The molecule has 1 heterocycles. The van der Waals surface area contributed by atoms with E-state index in [9.17, 15) is 4.79 Å². The highest BCUT2D eigenvalue weighted by atomic mass is 16.2. The SMILES string of the molecule is CN=C(NCCCN1CCc2ccccc2C1)NCC1(C(=O)N(C)C)CCCC1. The van der Waals surface area contributed by atoms with Crippen LogP contribution < -0.4 is 10.6 Å². The second kappa shape index (κ2) is 10.1. The Labute approximate surface area is 175 Å². The lowest BCUT2D eigenvalue weighted by atomic mass is 9.84. The van der Waals surface area contributed by atoms with Crippen molar-refractivity contribution in [3.05, 3.63) is 35.4 Å². The minimum atomic E-state index is -0.275. The van der Waals surface area contributed by atoms with Crippen molar-refractivity contribution in [1.29, 1.82) is 0 Å². The van der Waals surface area contributed by atoms with Crippen molar-refractivity contribution in [3.63, 3.8) is 0 Å². The van der Waals surface area contributed by atoms with Crippen LogP contribution in [-0.4, -0.2) is 69.0 Å². The number of amides is 1. The Hall–Kier alpha value is -2.08. The van der Waals surface area contributed by atoms with Crippen LogP contribution in [0.5, 0.6) is 0 Å². The Morgan fingerprint density at radius 2 is 1.90 bits per heavy atom. The Morgan fingerprint density at radius 3 is 2.59 bits per heavy atom. The number of benzene rings is 1. The van der Waals surface area contributed by atoms with Gasteiger partial charge in [-0.25, -0.2) is 0 Å². The van der Waals surface area contributed by atoms with E-state index in [1.807, 2.05) is 14.1 Å². The van der Waals surface area contributed by atoms with E-state index >= 15 is 0 Å². The summed E-state index contributed by atoms with van der Waals surface area (Å²) in [6.45, 7) is 4.82. The minimum absolute atomic E-state index is 0.239. The maximum Gasteiger partial charge on any atom is 0.230 e. The Bertz CT molecular complexity index is 709. The van der Waals surface area contributed by atoms with Crippen molar-refractivity contribution >= 4 is 11.9 Å². The molecule has 6 heteroatoms. The fourth-order valence-corrected chi connectivity index (χ4v) is 4.72. The van der Waals surface area contributed by atoms with E-state index in [0.717, 1.165) is 70.7 Å². The second-order valence-corrected chi connectivity index (χ2v) is 8.69. The van der Waals surface area contributed by atoms with Gasteiger partial charge in [-0.3, -0.25) is 14.7 Å². The molecule has 0 aromatic heterocycles. The van der Waals surface area contributed by atoms with E-state index in [1.165, 1.54) is 11.1 Å². The maximum absolute atomic E-state index is 12.7. The predicted molar refractivity (Wildman–Crippen MR) is 119 cm³/mol. The van der Waals surface area contributed by atoms with E-state index < -0.39 is 0 Å². The van der Waals surface area contributed by atoms with Gasteiger partial charge in [-0.1, -0.05) is 37.1 Å². The smallest absolute Gasteiger partial charge is 0.230 e. The molecule has 1 saturated carbocycles. The van der Waals surface area contributed by atoms with Gasteiger partial charge in [0.25, 0.3) is 0 Å². The third kappa shape index (κ3) is 5.50. The number of hydrogen-bond acceptors (Lipinski definition) is 3. The van der Waals surface area contributed by atoms with Crippen LogP contribution in [-0.2, 0) is 17.8 Å². The van der Waals surface area contributed by atoms with Crippen LogP contribution in [0.2, 0.25) is 0 Å². The molecule has 160 valence electrons. The molecule has 1 fully saturated rings. The maximum atomic E-state index is 12.7. The van der Waals surface area contributed by atoms with E-state index in [4.69, 9.17) is 0 Å². The third-order valence-electron chi connectivity index (χ3n) is 6.39. The largest absolute Gasteiger partial charge is 0.356 e. The number of aliphatic imine (C=N–C) groups is 1. The van der Waals surface area contributed by atoms with Crippen molar-refractivity contribution in [1.82, 2.24) is 20.4 Å². The Morgan fingerprint density at radius 1 is 1.17 bits per heavy atom. The molecule has 1 aromatic rings. The summed E-state index contributed by atoms with van der Waals surface area (Å²) in [5, 5.41) is 6.84. The summed E-state index contributed by atoms with van der Waals surface area (Å²) >= 11 is 0. The highest BCUT2D eigenvalue weighted by Crippen LogP contribution is 2.38. The van der Waals surface area contributed by atoms with Crippen molar-refractivity contribution < 1.29 is 4.79 Å². The molecule has 0 radical (unpaired) electrons. The topological polar surface area (TPSA) is 60.0 Å². The number of guanidine groups is 1. The molecule has 0 spiro atoms. The highest BCUT2D eigenvalue weighted by Gasteiger charge is 2.42. The predicted octanol–water partition coefficient (Wildman–Crippen LogP) is 2.25. The van der Waals surface area contributed by atoms with Gasteiger partial charge in [0.2, 0.25) is 5.91 Å². The number of rotatable bonds is 7. The molecule has 1 aromatic carbocycles. The quantitative estimate of drug-likeness (QED) is 0.419. The van der Waals surface area contributed by atoms with Crippen LogP contribution in [0.3, 0.4) is 0 Å².